The molecule has 2 aliphatic rings. The van der Waals surface area contributed by atoms with Crippen LogP contribution in [-0.4, -0.2) is 52.2 Å². The summed E-state index contributed by atoms with van der Waals surface area (Å²) in [6.07, 6.45) is 2.39. The van der Waals surface area contributed by atoms with Crippen molar-refractivity contribution in [3.63, 3.8) is 0 Å². The SMILES string of the molecule is COc1nc(-c2cccc(-c3cccc(NC(=O)c4cn(C)c(=O)n(C)c4=O)c3F)c2Cl)cc2c1[C@@H](NC[C@@H]1CCC(=O)N1)CO2. The van der Waals surface area contributed by atoms with E-state index in [1.807, 2.05) is 0 Å². The van der Waals surface area contributed by atoms with E-state index in [4.69, 9.17) is 26.1 Å². The van der Waals surface area contributed by atoms with E-state index in [2.05, 4.69) is 16.0 Å². The summed E-state index contributed by atoms with van der Waals surface area (Å²) < 4.78 is 29.4. The highest BCUT2D eigenvalue weighted by molar-refractivity contribution is 6.36. The third-order valence-corrected chi connectivity index (χ3v) is 8.54. The number of fused-ring (bicyclic) bond motifs is 1. The highest BCUT2D eigenvalue weighted by Crippen LogP contribution is 2.44. The molecule has 6 rings (SSSR count). The van der Waals surface area contributed by atoms with E-state index in [1.54, 1.807) is 30.3 Å². The average molecular weight is 649 g/mol. The van der Waals surface area contributed by atoms with E-state index < -0.39 is 23.0 Å². The first-order valence-electron chi connectivity index (χ1n) is 14.5. The van der Waals surface area contributed by atoms with Crippen molar-refractivity contribution in [3.8, 4) is 34.0 Å². The lowest BCUT2D eigenvalue weighted by atomic mass is 9.99. The van der Waals surface area contributed by atoms with Crippen LogP contribution < -0.4 is 36.7 Å². The van der Waals surface area contributed by atoms with Gasteiger partial charge in [0.1, 0.15) is 17.9 Å². The van der Waals surface area contributed by atoms with Crippen molar-refractivity contribution in [2.24, 2.45) is 14.1 Å². The number of nitrogens with one attached hydrogen (secondary N) is 3. The summed E-state index contributed by atoms with van der Waals surface area (Å²) in [5.41, 5.74) is 0.231. The van der Waals surface area contributed by atoms with Crippen LogP contribution in [0, 0.1) is 5.82 Å². The monoisotopic (exact) mass is 648 g/mol. The van der Waals surface area contributed by atoms with Crippen LogP contribution in [0.1, 0.15) is 34.8 Å². The maximum absolute atomic E-state index is 15.9. The quantitative estimate of drug-likeness (QED) is 0.264. The van der Waals surface area contributed by atoms with Gasteiger partial charge in [-0.15, -0.1) is 0 Å². The second kappa shape index (κ2) is 12.4. The van der Waals surface area contributed by atoms with Gasteiger partial charge in [-0.25, -0.2) is 14.2 Å². The van der Waals surface area contributed by atoms with Crippen molar-refractivity contribution < 1.29 is 23.5 Å². The van der Waals surface area contributed by atoms with Crippen LogP contribution in [0.4, 0.5) is 10.1 Å². The topological polar surface area (TPSA) is 146 Å². The molecule has 12 nitrogen and oxygen atoms in total. The summed E-state index contributed by atoms with van der Waals surface area (Å²) in [6, 6.07) is 11.1. The second-order valence-electron chi connectivity index (χ2n) is 11.1. The van der Waals surface area contributed by atoms with Crippen molar-refractivity contribution in [1.82, 2.24) is 24.8 Å². The fraction of sp³-hybridized carbons (Fsp3) is 0.281. The zero-order valence-corrected chi connectivity index (χ0v) is 25.9. The number of rotatable bonds is 8. The van der Waals surface area contributed by atoms with Crippen LogP contribution in [0.3, 0.4) is 0 Å². The summed E-state index contributed by atoms with van der Waals surface area (Å²) in [5, 5.41) is 9.02. The number of benzene rings is 2. The molecule has 4 aromatic rings. The molecule has 2 aromatic heterocycles. The summed E-state index contributed by atoms with van der Waals surface area (Å²) >= 11 is 6.88. The number of methoxy groups -OCH3 is 1. The van der Waals surface area contributed by atoms with Gasteiger partial charge in [0.25, 0.3) is 11.5 Å². The summed E-state index contributed by atoms with van der Waals surface area (Å²) in [7, 11) is 4.17. The molecule has 2 amide bonds. The molecule has 0 aliphatic carbocycles. The van der Waals surface area contributed by atoms with E-state index in [1.165, 1.54) is 33.3 Å². The Morgan fingerprint density at radius 3 is 2.63 bits per heavy atom. The third kappa shape index (κ3) is 5.63. The maximum atomic E-state index is 15.9. The Labute approximate surface area is 267 Å². The Balaban J connectivity index is 1.29. The molecule has 238 valence electrons. The van der Waals surface area contributed by atoms with Crippen LogP contribution >= 0.6 is 11.6 Å². The van der Waals surface area contributed by atoms with Gasteiger partial charge < -0.3 is 30.0 Å². The Morgan fingerprint density at radius 2 is 1.89 bits per heavy atom. The van der Waals surface area contributed by atoms with Crippen LogP contribution in [0.5, 0.6) is 11.6 Å². The fourth-order valence-electron chi connectivity index (χ4n) is 5.70. The van der Waals surface area contributed by atoms with Gasteiger partial charge in [0.15, 0.2) is 5.82 Å². The van der Waals surface area contributed by atoms with Gasteiger partial charge in [-0.05, 0) is 12.5 Å². The lowest BCUT2D eigenvalue weighted by molar-refractivity contribution is -0.119. The molecule has 0 unspecified atom stereocenters. The molecule has 0 radical (unpaired) electrons. The molecular formula is C32H30ClFN6O6. The van der Waals surface area contributed by atoms with Gasteiger partial charge in [-0.3, -0.25) is 19.0 Å². The van der Waals surface area contributed by atoms with Crippen molar-refractivity contribution in [1.29, 1.82) is 0 Å². The van der Waals surface area contributed by atoms with Crippen molar-refractivity contribution >= 4 is 29.1 Å². The van der Waals surface area contributed by atoms with E-state index in [0.717, 1.165) is 27.3 Å². The number of hydrogen-bond donors (Lipinski definition) is 3. The molecule has 0 bridgehead atoms. The second-order valence-corrected chi connectivity index (χ2v) is 11.5. The number of aryl methyl sites for hydroxylation is 1. The first kappa shape index (κ1) is 31.0. The van der Waals surface area contributed by atoms with E-state index in [0.29, 0.717) is 48.0 Å². The first-order chi connectivity index (χ1) is 22.1. The molecule has 0 spiro atoms. The normalized spacial score (nSPS) is 16.9. The minimum atomic E-state index is -0.873. The number of nitrogens with zero attached hydrogens (tertiary/aromatic N) is 3. The van der Waals surface area contributed by atoms with Crippen molar-refractivity contribution in [2.75, 3.05) is 25.6 Å². The molecule has 1 saturated heterocycles. The summed E-state index contributed by atoms with van der Waals surface area (Å²) in [5.74, 6) is -0.687. The predicted octanol–water partition coefficient (Wildman–Crippen LogP) is 3.17. The molecule has 2 aliphatic heterocycles. The number of ether oxygens (including phenoxy) is 2. The lowest BCUT2D eigenvalue weighted by Crippen LogP contribution is -2.40. The fourth-order valence-corrected chi connectivity index (χ4v) is 6.03. The number of carbonyl (C=O) groups excluding carboxylic acids is 2. The Hall–Kier alpha value is -5.01. The molecule has 1 fully saturated rings. The van der Waals surface area contributed by atoms with Crippen LogP contribution in [0.25, 0.3) is 22.4 Å². The predicted molar refractivity (Wildman–Crippen MR) is 169 cm³/mol. The highest BCUT2D eigenvalue weighted by atomic mass is 35.5. The lowest BCUT2D eigenvalue weighted by Gasteiger charge is -2.18. The molecule has 2 atom stereocenters. The number of pyridine rings is 1. The van der Waals surface area contributed by atoms with Gasteiger partial charge >= 0.3 is 5.69 Å². The minimum Gasteiger partial charge on any atom is -0.491 e. The average Bonchev–Trinajstić information content (AvgIpc) is 3.66. The standard InChI is InChI=1S/C32H30ClFN6O6/c1-39-14-20(31(43)40(2)32(39)44)29(42)37-21-9-5-7-18(28(21)34)17-6-4-8-19(27(17)33)22-12-24-26(30(38-22)45-3)23(15-46-24)35-13-16-10-11-25(41)36-16/h4-9,12,14,16,23,35H,10-11,13,15H2,1-3H3,(H,36,41)(H,37,42)/t16-,23-/m0/s1. The van der Waals surface area contributed by atoms with E-state index >= 15 is 4.39 Å². The summed E-state index contributed by atoms with van der Waals surface area (Å²) in [4.78, 5) is 53.8. The summed E-state index contributed by atoms with van der Waals surface area (Å²) in [6.45, 7) is 0.922. The van der Waals surface area contributed by atoms with Gasteiger partial charge in [0.05, 0.1) is 35.1 Å². The number of hydrogen-bond acceptors (Lipinski definition) is 8. The Morgan fingerprint density at radius 1 is 1.15 bits per heavy atom. The zero-order chi connectivity index (χ0) is 32.7. The van der Waals surface area contributed by atoms with E-state index in [9.17, 15) is 19.2 Å². The number of amides is 2. The first-order valence-corrected chi connectivity index (χ1v) is 14.9. The number of aromatic nitrogens is 3. The van der Waals surface area contributed by atoms with Crippen molar-refractivity contribution in [3.05, 3.63) is 91.5 Å². The van der Waals surface area contributed by atoms with Gasteiger partial charge in [-0.2, -0.15) is 0 Å². The molecular weight excluding hydrogens is 619 g/mol. The molecule has 3 N–H and O–H groups in total. The third-order valence-electron chi connectivity index (χ3n) is 8.13. The Kier molecular flexibility index (Phi) is 8.36. The highest BCUT2D eigenvalue weighted by Gasteiger charge is 2.32. The molecule has 46 heavy (non-hydrogen) atoms. The van der Waals surface area contributed by atoms with Gasteiger partial charge in [0, 0.05) is 62.1 Å². The molecule has 14 heteroatoms. The van der Waals surface area contributed by atoms with E-state index in [-0.39, 0.29) is 39.8 Å². The van der Waals surface area contributed by atoms with Gasteiger partial charge in [0.2, 0.25) is 11.8 Å². The minimum absolute atomic E-state index is 0.0441. The zero-order valence-electron chi connectivity index (χ0n) is 25.1. The van der Waals surface area contributed by atoms with Crippen LogP contribution in [-0.2, 0) is 18.9 Å². The molecule has 0 saturated carbocycles. The van der Waals surface area contributed by atoms with Crippen molar-refractivity contribution in [2.45, 2.75) is 24.9 Å². The smallest absolute Gasteiger partial charge is 0.330 e. The number of anilines is 1. The maximum Gasteiger partial charge on any atom is 0.330 e. The van der Waals surface area contributed by atoms with Crippen LogP contribution in [0.15, 0.2) is 58.3 Å². The number of carbonyl (C=O) groups is 2. The largest absolute Gasteiger partial charge is 0.491 e. The number of halogens is 2. The van der Waals surface area contributed by atoms with Gasteiger partial charge in [-0.1, -0.05) is 41.9 Å². The van der Waals surface area contributed by atoms with Crippen LogP contribution in [0.2, 0.25) is 5.02 Å². The molecule has 4 heterocycles. The molecule has 2 aromatic carbocycles. The Bertz CT molecular complexity index is 2010.